The first-order valence-corrected chi connectivity index (χ1v) is 5.48. The number of amides is 1. The van der Waals surface area contributed by atoms with Gasteiger partial charge in [-0.05, 0) is 25.5 Å². The number of hydrogen-bond donors (Lipinski definition) is 1. The van der Waals surface area contributed by atoms with Gasteiger partial charge in [0.2, 0.25) is 0 Å². The van der Waals surface area contributed by atoms with Crippen LogP contribution in [0.3, 0.4) is 0 Å². The van der Waals surface area contributed by atoms with E-state index in [2.05, 4.69) is 11.2 Å². The first-order chi connectivity index (χ1) is 7.67. The average Bonchev–Trinajstić information content (AvgIpc) is 2.29. The lowest BCUT2D eigenvalue weighted by Gasteiger charge is -2.14. The van der Waals surface area contributed by atoms with Crippen LogP contribution >= 0.6 is 0 Å². The Morgan fingerprint density at radius 2 is 2.06 bits per heavy atom. The van der Waals surface area contributed by atoms with Gasteiger partial charge in [-0.25, -0.2) is 0 Å². The fourth-order valence-electron chi connectivity index (χ4n) is 1.41. The molecule has 1 aromatic rings. The van der Waals surface area contributed by atoms with Crippen LogP contribution in [0, 0.1) is 19.3 Å². The molecular formula is C14H17NO. The minimum atomic E-state index is -0.0536. The Kier molecular flexibility index (Phi) is 4.60. The molecule has 1 unspecified atom stereocenters. The Morgan fingerprint density at radius 1 is 1.44 bits per heavy atom. The molecule has 2 heteroatoms. The van der Waals surface area contributed by atoms with Crippen molar-refractivity contribution in [2.24, 2.45) is 0 Å². The van der Waals surface area contributed by atoms with Crippen molar-refractivity contribution in [1.29, 1.82) is 0 Å². The van der Waals surface area contributed by atoms with Gasteiger partial charge in [-0.2, -0.15) is 0 Å². The predicted molar refractivity (Wildman–Crippen MR) is 66.2 cm³/mol. The molecular weight excluding hydrogens is 198 g/mol. The monoisotopic (exact) mass is 215 g/mol. The lowest BCUT2D eigenvalue weighted by Crippen LogP contribution is -2.34. The number of carbonyl (C=O) groups excluding carboxylic acids is 1. The molecule has 0 heterocycles. The summed E-state index contributed by atoms with van der Waals surface area (Å²) < 4.78 is 0. The van der Waals surface area contributed by atoms with E-state index in [4.69, 9.17) is 6.42 Å². The maximum Gasteiger partial charge on any atom is 0.251 e. The molecule has 0 saturated heterocycles. The van der Waals surface area contributed by atoms with E-state index in [9.17, 15) is 4.79 Å². The van der Waals surface area contributed by atoms with Gasteiger partial charge in [0.25, 0.3) is 5.91 Å². The lowest BCUT2D eigenvalue weighted by atomic mass is 10.1. The summed E-state index contributed by atoms with van der Waals surface area (Å²) in [6.45, 7) is 4.01. The summed E-state index contributed by atoms with van der Waals surface area (Å²) in [5.74, 6) is 2.52. The Hall–Kier alpha value is -1.75. The highest BCUT2D eigenvalue weighted by Crippen LogP contribution is 2.04. The molecule has 1 amide bonds. The first-order valence-electron chi connectivity index (χ1n) is 5.48. The summed E-state index contributed by atoms with van der Waals surface area (Å²) in [6.07, 6.45) is 6.66. The zero-order valence-electron chi connectivity index (χ0n) is 9.79. The van der Waals surface area contributed by atoms with Gasteiger partial charge < -0.3 is 5.32 Å². The summed E-state index contributed by atoms with van der Waals surface area (Å²) in [5, 5.41) is 2.92. The van der Waals surface area contributed by atoms with Crippen LogP contribution in [0.1, 0.15) is 35.7 Å². The Balaban J connectivity index is 2.65. The van der Waals surface area contributed by atoms with Crippen LogP contribution in [0.2, 0.25) is 0 Å². The minimum absolute atomic E-state index is 0.0536. The summed E-state index contributed by atoms with van der Waals surface area (Å²) in [7, 11) is 0. The van der Waals surface area contributed by atoms with Crippen molar-refractivity contribution in [1.82, 2.24) is 5.32 Å². The fraction of sp³-hybridized carbons (Fsp3) is 0.357. The zero-order valence-corrected chi connectivity index (χ0v) is 9.79. The molecule has 2 nitrogen and oxygen atoms in total. The molecule has 1 rings (SSSR count). The number of nitrogens with one attached hydrogen (secondary N) is 1. The molecule has 1 aromatic carbocycles. The predicted octanol–water partition coefficient (Wildman–Crippen LogP) is 2.53. The van der Waals surface area contributed by atoms with Gasteiger partial charge in [0, 0.05) is 18.0 Å². The number of rotatable bonds is 4. The topological polar surface area (TPSA) is 29.1 Å². The van der Waals surface area contributed by atoms with Crippen molar-refractivity contribution < 1.29 is 4.79 Å². The molecule has 0 spiro atoms. The van der Waals surface area contributed by atoms with Crippen molar-refractivity contribution in [2.45, 2.75) is 32.7 Å². The van der Waals surface area contributed by atoms with Crippen molar-refractivity contribution in [3.63, 3.8) is 0 Å². The highest BCUT2D eigenvalue weighted by Gasteiger charge is 2.10. The maximum absolute atomic E-state index is 11.8. The van der Waals surface area contributed by atoms with Gasteiger partial charge in [0.1, 0.15) is 0 Å². The Bertz CT molecular complexity index is 386. The third-order valence-corrected chi connectivity index (χ3v) is 2.51. The van der Waals surface area contributed by atoms with Gasteiger partial charge in [-0.3, -0.25) is 4.79 Å². The molecule has 0 radical (unpaired) electrons. The Labute approximate surface area is 97.1 Å². The van der Waals surface area contributed by atoms with Gasteiger partial charge in [0.15, 0.2) is 0 Å². The largest absolute Gasteiger partial charge is 0.348 e. The highest BCUT2D eigenvalue weighted by atomic mass is 16.1. The second-order valence-electron chi connectivity index (χ2n) is 3.85. The molecule has 16 heavy (non-hydrogen) atoms. The van der Waals surface area contributed by atoms with Gasteiger partial charge >= 0.3 is 0 Å². The van der Waals surface area contributed by atoms with Crippen molar-refractivity contribution in [3.8, 4) is 12.3 Å². The molecule has 0 aliphatic heterocycles. The van der Waals surface area contributed by atoms with Gasteiger partial charge in [-0.15, -0.1) is 12.3 Å². The standard InChI is InChI=1S/C14H17NO/c1-4-6-13(5-2)15-14(16)12-9-7-11(3)8-10-12/h1,7-10,13H,5-6H2,2-3H3,(H,15,16). The number of hydrogen-bond acceptors (Lipinski definition) is 1. The van der Waals surface area contributed by atoms with Crippen LogP contribution in [0.4, 0.5) is 0 Å². The molecule has 0 aliphatic rings. The molecule has 0 aliphatic carbocycles. The summed E-state index contributed by atoms with van der Waals surface area (Å²) in [6, 6.07) is 7.58. The van der Waals surface area contributed by atoms with Crippen LogP contribution in [0.15, 0.2) is 24.3 Å². The zero-order chi connectivity index (χ0) is 12.0. The van der Waals surface area contributed by atoms with E-state index >= 15 is 0 Å². The number of carbonyl (C=O) groups is 1. The third kappa shape index (κ3) is 3.43. The molecule has 84 valence electrons. The summed E-state index contributed by atoms with van der Waals surface area (Å²) >= 11 is 0. The molecule has 1 N–H and O–H groups in total. The smallest absolute Gasteiger partial charge is 0.251 e. The average molecular weight is 215 g/mol. The second-order valence-corrected chi connectivity index (χ2v) is 3.85. The molecule has 0 fully saturated rings. The van der Waals surface area contributed by atoms with Crippen LogP contribution < -0.4 is 5.32 Å². The van der Waals surface area contributed by atoms with E-state index in [1.807, 2.05) is 38.1 Å². The minimum Gasteiger partial charge on any atom is -0.348 e. The van der Waals surface area contributed by atoms with Gasteiger partial charge in [0.05, 0.1) is 0 Å². The van der Waals surface area contributed by atoms with E-state index in [1.54, 1.807) is 0 Å². The van der Waals surface area contributed by atoms with Crippen molar-refractivity contribution in [2.75, 3.05) is 0 Å². The second kappa shape index (κ2) is 5.97. The van der Waals surface area contributed by atoms with E-state index in [-0.39, 0.29) is 11.9 Å². The molecule has 0 bridgehead atoms. The van der Waals surface area contributed by atoms with E-state index < -0.39 is 0 Å². The third-order valence-electron chi connectivity index (χ3n) is 2.51. The fourth-order valence-corrected chi connectivity index (χ4v) is 1.41. The SMILES string of the molecule is C#CCC(CC)NC(=O)c1ccc(C)cc1. The van der Waals surface area contributed by atoms with Crippen LogP contribution in [-0.2, 0) is 0 Å². The van der Waals surface area contributed by atoms with Crippen molar-refractivity contribution >= 4 is 5.91 Å². The van der Waals surface area contributed by atoms with Crippen LogP contribution in [-0.4, -0.2) is 11.9 Å². The van der Waals surface area contributed by atoms with E-state index in [0.29, 0.717) is 12.0 Å². The number of aryl methyl sites for hydroxylation is 1. The Morgan fingerprint density at radius 3 is 2.56 bits per heavy atom. The first kappa shape index (κ1) is 12.3. The van der Waals surface area contributed by atoms with Crippen LogP contribution in [0.25, 0.3) is 0 Å². The molecule has 0 saturated carbocycles. The number of benzene rings is 1. The lowest BCUT2D eigenvalue weighted by molar-refractivity contribution is 0.0936. The molecule has 0 aromatic heterocycles. The maximum atomic E-state index is 11.8. The molecule has 1 atom stereocenters. The normalized spacial score (nSPS) is 11.6. The van der Waals surface area contributed by atoms with E-state index in [1.165, 1.54) is 0 Å². The van der Waals surface area contributed by atoms with E-state index in [0.717, 1.165) is 12.0 Å². The highest BCUT2D eigenvalue weighted by molar-refractivity contribution is 5.94. The number of terminal acetylenes is 1. The van der Waals surface area contributed by atoms with Crippen molar-refractivity contribution in [3.05, 3.63) is 35.4 Å². The quantitative estimate of drug-likeness (QED) is 0.768. The van der Waals surface area contributed by atoms with Gasteiger partial charge in [-0.1, -0.05) is 24.6 Å². The summed E-state index contributed by atoms with van der Waals surface area (Å²) in [4.78, 5) is 11.8. The van der Waals surface area contributed by atoms with Crippen LogP contribution in [0.5, 0.6) is 0 Å². The summed E-state index contributed by atoms with van der Waals surface area (Å²) in [5.41, 5.74) is 1.83.